The molecule has 0 unspecified atom stereocenters. The molecule has 0 saturated carbocycles. The van der Waals surface area contributed by atoms with Gasteiger partial charge in [-0.05, 0) is 86.5 Å². The number of unbranched alkanes of at least 4 members (excludes halogenated alkanes) is 2. The van der Waals surface area contributed by atoms with E-state index in [-0.39, 0.29) is 140 Å². The van der Waals surface area contributed by atoms with Gasteiger partial charge in [0.1, 0.15) is 79.0 Å². The molecule has 24 atom stereocenters. The summed E-state index contributed by atoms with van der Waals surface area (Å²) in [6, 6.07) is 0. The highest BCUT2D eigenvalue weighted by Gasteiger charge is 2.47. The van der Waals surface area contributed by atoms with Crippen molar-refractivity contribution in [2.75, 3.05) is 85.3 Å². The van der Waals surface area contributed by atoms with Gasteiger partial charge in [0.25, 0.3) is 0 Å². The number of Topliss-reactive ketones (excluding diaryl/α,β-unsaturated/α-hetero) is 1. The summed E-state index contributed by atoms with van der Waals surface area (Å²) in [5.41, 5.74) is 0. The van der Waals surface area contributed by atoms with E-state index >= 15 is 0 Å². The first kappa shape index (κ1) is 83.8. The largest absolute Gasteiger partial charge is 0.388 e. The van der Waals surface area contributed by atoms with Crippen molar-refractivity contribution in [3.63, 3.8) is 0 Å². The van der Waals surface area contributed by atoms with Gasteiger partial charge in [0.15, 0.2) is 25.2 Å². The van der Waals surface area contributed by atoms with Crippen molar-refractivity contribution in [3.8, 4) is 0 Å². The van der Waals surface area contributed by atoms with Gasteiger partial charge in [0.2, 0.25) is 41.4 Å². The average molecular weight is 1410 g/mol. The molecule has 6 rings (SSSR count). The molecule has 0 aromatic heterocycles. The van der Waals surface area contributed by atoms with E-state index in [9.17, 15) is 99.6 Å². The summed E-state index contributed by atoms with van der Waals surface area (Å²) in [7, 11) is 0. The molecule has 7 amide bonds. The lowest BCUT2D eigenvalue weighted by atomic mass is 9.80. The van der Waals surface area contributed by atoms with Gasteiger partial charge in [0, 0.05) is 96.9 Å². The summed E-state index contributed by atoms with van der Waals surface area (Å²) in [5, 5.41) is 134. The van der Waals surface area contributed by atoms with Crippen LogP contribution in [0.2, 0.25) is 0 Å². The Morgan fingerprint density at radius 1 is 0.357 bits per heavy atom. The summed E-state index contributed by atoms with van der Waals surface area (Å²) in [5.74, 6) is -5.48. The zero-order chi connectivity index (χ0) is 72.5. The molecule has 6 heterocycles. The van der Waals surface area contributed by atoms with Crippen molar-refractivity contribution >= 4 is 47.1 Å². The van der Waals surface area contributed by atoms with E-state index in [2.05, 4.69) is 26.6 Å². The minimum Gasteiger partial charge on any atom is -0.388 e. The van der Waals surface area contributed by atoms with E-state index in [1.165, 1.54) is 32.6 Å². The smallest absolute Gasteiger partial charge is 0.225 e. The number of piperidine rings is 2. The SMILES string of the molecule is CCNC(=O)CCCCC(=O)N1CC[C@@H](C(=O)NCCO[C@@H]2O[C@@H](C)[C@@H](O)[C@@H](O)[C@@H]2O)[C@@H](C(=O)CCCO[C@@H]2O[C@@H](C)[C@@H](O)[C@@H](O)[C@@H]2O)C1.CCNC(=O)CCCCC(=O)N1CC[C@@H](C(=O)NCCO[C@@H]2O[C@@H](C)[C@@H](O)[C@@H](O)[C@@H]2O)[C@@H](C(=O)NCCO[C@@H]2O[C@@H](C)[C@@H](O)[C@@H](O)[C@@H]2O)C1. The van der Waals surface area contributed by atoms with E-state index in [0.29, 0.717) is 51.6 Å². The van der Waals surface area contributed by atoms with Crippen LogP contribution in [0.25, 0.3) is 0 Å². The van der Waals surface area contributed by atoms with Gasteiger partial charge in [-0.2, -0.15) is 0 Å². The molecule has 6 aliphatic heterocycles. The van der Waals surface area contributed by atoms with Gasteiger partial charge in [-0.3, -0.25) is 38.4 Å². The Hall–Kier alpha value is -4.84. The van der Waals surface area contributed by atoms with Crippen LogP contribution in [-0.4, -0.2) is 326 Å². The van der Waals surface area contributed by atoms with Gasteiger partial charge in [-0.1, -0.05) is 0 Å². The minimum atomic E-state index is -1.51. The molecule has 0 aliphatic carbocycles. The molecule has 0 spiro atoms. The number of nitrogens with zero attached hydrogens (tertiary/aromatic N) is 2. The third-order valence-electron chi connectivity index (χ3n) is 18.3. The number of amides is 7. The molecule has 98 heavy (non-hydrogen) atoms. The maximum absolute atomic E-state index is 13.5. The molecular weight excluding hydrogens is 1300 g/mol. The predicted octanol–water partition coefficient (Wildman–Crippen LogP) is -6.63. The van der Waals surface area contributed by atoms with Crippen LogP contribution in [0.4, 0.5) is 0 Å². The number of ether oxygens (including phenoxy) is 8. The summed E-state index contributed by atoms with van der Waals surface area (Å²) in [6.45, 7) is 10.9. The highest BCUT2D eigenvalue weighted by atomic mass is 16.7. The number of likely N-dealkylation sites (tertiary alicyclic amines) is 2. The molecule has 0 bridgehead atoms. The van der Waals surface area contributed by atoms with Crippen LogP contribution in [0.5, 0.6) is 0 Å². The van der Waals surface area contributed by atoms with Gasteiger partial charge < -0.3 is 136 Å². The van der Waals surface area contributed by atoms with Crippen molar-refractivity contribution < 1.29 is 138 Å². The van der Waals surface area contributed by atoms with Crippen molar-refractivity contribution in [3.05, 3.63) is 0 Å². The minimum absolute atomic E-state index is 0.000628. The molecule has 564 valence electrons. The van der Waals surface area contributed by atoms with Crippen molar-refractivity contribution in [1.82, 2.24) is 36.4 Å². The van der Waals surface area contributed by atoms with Crippen molar-refractivity contribution in [1.29, 1.82) is 0 Å². The summed E-state index contributed by atoms with van der Waals surface area (Å²) in [4.78, 5) is 106. The van der Waals surface area contributed by atoms with Gasteiger partial charge in [-0.15, -0.1) is 0 Å². The Balaban J connectivity index is 0.000000354. The maximum atomic E-state index is 13.5. The first-order chi connectivity index (χ1) is 46.5. The second-order valence-corrected chi connectivity index (χ2v) is 25.7. The number of carbonyl (C=O) groups is 8. The Morgan fingerprint density at radius 3 is 0.990 bits per heavy atom. The number of rotatable bonds is 33. The first-order valence-electron chi connectivity index (χ1n) is 34.2. The lowest BCUT2D eigenvalue weighted by Gasteiger charge is -2.39. The lowest BCUT2D eigenvalue weighted by Crippen LogP contribution is -2.57. The van der Waals surface area contributed by atoms with Gasteiger partial charge >= 0.3 is 0 Å². The molecule has 35 heteroatoms. The third-order valence-corrected chi connectivity index (χ3v) is 18.3. The number of nitrogens with one attached hydrogen (secondary N) is 5. The van der Waals surface area contributed by atoms with E-state index in [1.807, 2.05) is 13.8 Å². The molecular formula is C63H109N7O28. The predicted molar refractivity (Wildman–Crippen MR) is 337 cm³/mol. The number of hydrogen-bond acceptors (Lipinski definition) is 28. The van der Waals surface area contributed by atoms with Crippen LogP contribution in [-0.2, 0) is 76.3 Å². The zero-order valence-electron chi connectivity index (χ0n) is 56.8. The van der Waals surface area contributed by atoms with Crippen LogP contribution in [0.1, 0.15) is 119 Å². The standard InChI is InChI=1S/C32H55N3O14.C31H54N4O14/c1-4-33-22(37)9-5-6-10-23(38)35-13-11-19(30(45)34-12-15-47-32-29(44)27(42)25(40)18(3)49-32)20(16-35)21(36)8-7-14-46-31-28(43)26(41)24(39)17(2)48-31;1-4-32-20(36)7-5-6-8-21(37)35-12-9-18(28(44)33-10-13-46-30-26(42)24(40)22(38)16(2)48-30)19(15-35)29(45)34-11-14-47-31-27(43)25(41)23(39)17(3)49-31/h17-20,24-29,31-32,39-44H,4-16H2,1-3H3,(H,33,37)(H,34,45);16-19,22-27,30-31,38-43H,4-15H2,1-3H3,(H,32,36)(H,33,44)(H,34,45)/t17-,18-,19+,20-,24+,25+,26+,27+,28-,29-,31+,32+;16-,17-,18+,19-,22+,23+,24+,25+,26-,27-,30+,31+/m00/s1. The van der Waals surface area contributed by atoms with Crippen molar-refractivity contribution in [2.24, 2.45) is 23.7 Å². The number of ketones is 1. The van der Waals surface area contributed by atoms with Crippen LogP contribution in [0.15, 0.2) is 0 Å². The molecule has 35 nitrogen and oxygen atoms in total. The zero-order valence-corrected chi connectivity index (χ0v) is 56.8. The normalized spacial score (nSPS) is 35.0. The maximum Gasteiger partial charge on any atom is 0.225 e. The van der Waals surface area contributed by atoms with E-state index in [1.54, 1.807) is 4.90 Å². The number of aliphatic hydroxyl groups is 12. The molecule has 0 aromatic carbocycles. The number of carbonyl (C=O) groups excluding carboxylic acids is 8. The molecule has 6 saturated heterocycles. The van der Waals surface area contributed by atoms with Crippen LogP contribution >= 0.6 is 0 Å². The molecule has 0 aromatic rings. The van der Waals surface area contributed by atoms with Crippen LogP contribution in [0.3, 0.4) is 0 Å². The fraction of sp³-hybridized carbons (Fsp3) is 0.873. The Kier molecular flexibility index (Phi) is 35.9. The van der Waals surface area contributed by atoms with Crippen LogP contribution < -0.4 is 26.6 Å². The third kappa shape index (κ3) is 24.7. The lowest BCUT2D eigenvalue weighted by molar-refractivity contribution is -0.293. The highest BCUT2D eigenvalue weighted by Crippen LogP contribution is 2.31. The topological polar surface area (TPSA) is 520 Å². The fourth-order valence-corrected chi connectivity index (χ4v) is 12.3. The summed E-state index contributed by atoms with van der Waals surface area (Å²) < 4.78 is 43.6. The van der Waals surface area contributed by atoms with E-state index < -0.39 is 164 Å². The van der Waals surface area contributed by atoms with Gasteiger partial charge in [-0.25, -0.2) is 0 Å². The van der Waals surface area contributed by atoms with E-state index in [0.717, 1.165) is 0 Å². The van der Waals surface area contributed by atoms with E-state index in [4.69, 9.17) is 37.9 Å². The number of hydrogen-bond donors (Lipinski definition) is 17. The summed E-state index contributed by atoms with van der Waals surface area (Å²) >= 11 is 0. The molecule has 17 N–H and O–H groups in total. The number of aliphatic hydroxyl groups excluding tert-OH is 12. The molecule has 0 radical (unpaired) electrons. The monoisotopic (exact) mass is 1410 g/mol. The first-order valence-corrected chi connectivity index (χ1v) is 34.2. The van der Waals surface area contributed by atoms with Gasteiger partial charge in [0.05, 0.1) is 68.6 Å². The highest BCUT2D eigenvalue weighted by molar-refractivity contribution is 5.91. The Labute approximate surface area is 569 Å². The average Bonchev–Trinajstić information content (AvgIpc) is 0.837. The summed E-state index contributed by atoms with van der Waals surface area (Å²) in [6.07, 6.45) is -21.3. The molecule has 6 fully saturated rings. The van der Waals surface area contributed by atoms with Crippen LogP contribution in [0, 0.1) is 23.7 Å². The Morgan fingerprint density at radius 2 is 0.653 bits per heavy atom. The second-order valence-electron chi connectivity index (χ2n) is 25.7. The quantitative estimate of drug-likeness (QED) is 0.0272. The van der Waals surface area contributed by atoms with Crippen molar-refractivity contribution in [2.45, 2.75) is 241 Å². The molecule has 6 aliphatic rings. The Bertz CT molecular complexity index is 2330. The second kappa shape index (κ2) is 41.9. The fourth-order valence-electron chi connectivity index (χ4n) is 12.3.